The molecule has 0 aromatic carbocycles. The average Bonchev–Trinajstić information content (AvgIpc) is 2.48. The number of carboxylic acids is 1. The molecular weight excluding hydrogens is 280 g/mol. The number of carbonyl (C=O) groups is 1. The van der Waals surface area contributed by atoms with Crippen molar-refractivity contribution in [2.24, 2.45) is 0 Å². The highest BCUT2D eigenvalue weighted by atomic mass is 16.4. The number of aliphatic hydroxyl groups is 2. The summed E-state index contributed by atoms with van der Waals surface area (Å²) in [6.45, 7) is 2.12. The number of rotatable bonds is 15. The Labute approximate surface area is 135 Å². The molecule has 0 unspecified atom stereocenters. The molecule has 3 N–H and O–H groups in total. The van der Waals surface area contributed by atoms with Crippen molar-refractivity contribution in [1.82, 2.24) is 0 Å². The summed E-state index contributed by atoms with van der Waals surface area (Å²) in [5, 5.41) is 28.0. The molecule has 0 atom stereocenters. The van der Waals surface area contributed by atoms with Crippen LogP contribution in [0.2, 0.25) is 0 Å². The van der Waals surface area contributed by atoms with Gasteiger partial charge in [-0.25, -0.2) is 0 Å². The predicted molar refractivity (Wildman–Crippen MR) is 90.2 cm³/mol. The Morgan fingerprint density at radius 2 is 0.955 bits per heavy atom. The average molecular weight is 314 g/mol. The van der Waals surface area contributed by atoms with Crippen LogP contribution in [-0.2, 0) is 4.79 Å². The van der Waals surface area contributed by atoms with Gasteiger partial charge in [0.2, 0.25) is 0 Å². The molecule has 0 spiro atoms. The summed E-state index contributed by atoms with van der Waals surface area (Å²) in [5.74, 6) is -0.359. The molecule has 0 aromatic heterocycles. The lowest BCUT2D eigenvalue weighted by molar-refractivity contribution is -0.137. The maximum atomic E-state index is 10.3. The topological polar surface area (TPSA) is 77.8 Å². The minimum Gasteiger partial charge on any atom is -0.509 e. The number of unbranched alkanes of at least 4 members (excludes halogenated alkanes) is 9. The quantitative estimate of drug-likeness (QED) is 0.260. The first-order valence-corrected chi connectivity index (χ1v) is 8.89. The van der Waals surface area contributed by atoms with Gasteiger partial charge in [-0.3, -0.25) is 4.79 Å². The van der Waals surface area contributed by atoms with Gasteiger partial charge in [0.25, 0.3) is 0 Å². The zero-order valence-electron chi connectivity index (χ0n) is 14.1. The van der Waals surface area contributed by atoms with E-state index < -0.39 is 5.97 Å². The Morgan fingerprint density at radius 1 is 0.591 bits per heavy atom. The van der Waals surface area contributed by atoms with Gasteiger partial charge in [-0.15, -0.1) is 0 Å². The Balaban J connectivity index is 3.41. The summed E-state index contributed by atoms with van der Waals surface area (Å²) in [4.78, 5) is 10.3. The van der Waals surface area contributed by atoms with Crippen molar-refractivity contribution in [2.45, 2.75) is 96.8 Å². The third kappa shape index (κ3) is 13.8. The zero-order chi connectivity index (χ0) is 16.6. The van der Waals surface area contributed by atoms with E-state index in [1.54, 1.807) is 0 Å². The molecule has 0 amide bonds. The Kier molecular flexibility index (Phi) is 13.9. The SMILES string of the molecule is CCCCCC(O)=C(O)CCCCCCCCCCC(=O)O. The van der Waals surface area contributed by atoms with E-state index in [1.807, 2.05) is 0 Å². The van der Waals surface area contributed by atoms with E-state index in [-0.39, 0.29) is 17.9 Å². The Bertz CT molecular complexity index is 310. The van der Waals surface area contributed by atoms with Crippen LogP contribution in [0.1, 0.15) is 96.8 Å². The second kappa shape index (κ2) is 14.7. The normalized spacial score (nSPS) is 12.2. The fourth-order valence-electron chi connectivity index (χ4n) is 2.46. The molecule has 0 aliphatic heterocycles. The summed E-state index contributed by atoms with van der Waals surface area (Å²) in [6.07, 6.45) is 12.9. The Hall–Kier alpha value is -1.19. The maximum Gasteiger partial charge on any atom is 0.303 e. The summed E-state index contributed by atoms with van der Waals surface area (Å²) in [7, 11) is 0. The van der Waals surface area contributed by atoms with Crippen LogP contribution in [0.15, 0.2) is 11.5 Å². The van der Waals surface area contributed by atoms with Gasteiger partial charge in [-0.05, 0) is 19.3 Å². The van der Waals surface area contributed by atoms with Crippen molar-refractivity contribution in [3.63, 3.8) is 0 Å². The summed E-state index contributed by atoms with van der Waals surface area (Å²) in [5.41, 5.74) is 0. The molecule has 4 heteroatoms. The first-order chi connectivity index (χ1) is 10.6. The molecule has 0 saturated carbocycles. The van der Waals surface area contributed by atoms with E-state index in [1.165, 1.54) is 6.42 Å². The number of hydrogen-bond acceptors (Lipinski definition) is 3. The molecule has 130 valence electrons. The molecule has 0 fully saturated rings. The fraction of sp³-hybridized carbons (Fsp3) is 0.833. The molecular formula is C18H34O4. The van der Waals surface area contributed by atoms with E-state index in [0.717, 1.165) is 64.2 Å². The monoisotopic (exact) mass is 314 g/mol. The molecule has 22 heavy (non-hydrogen) atoms. The lowest BCUT2D eigenvalue weighted by Gasteiger charge is -2.05. The standard InChI is InChI=1S/C18H34O4/c1-2-3-10-13-16(19)17(20)14-11-8-6-4-5-7-9-12-15-18(21)22/h19-20H,2-15H2,1H3,(H,21,22). The minimum atomic E-state index is -0.703. The van der Waals surface area contributed by atoms with Crippen molar-refractivity contribution in [3.05, 3.63) is 11.5 Å². The van der Waals surface area contributed by atoms with Crippen LogP contribution in [-0.4, -0.2) is 21.3 Å². The minimum absolute atomic E-state index is 0.171. The molecule has 0 saturated heterocycles. The zero-order valence-corrected chi connectivity index (χ0v) is 14.1. The van der Waals surface area contributed by atoms with Gasteiger partial charge in [0.1, 0.15) is 11.5 Å². The van der Waals surface area contributed by atoms with Crippen LogP contribution in [0, 0.1) is 0 Å². The number of allylic oxidation sites excluding steroid dienone is 2. The van der Waals surface area contributed by atoms with Crippen molar-refractivity contribution in [3.8, 4) is 0 Å². The molecule has 0 aromatic rings. The van der Waals surface area contributed by atoms with Crippen LogP contribution in [0.3, 0.4) is 0 Å². The molecule has 0 aliphatic carbocycles. The van der Waals surface area contributed by atoms with Crippen molar-refractivity contribution in [1.29, 1.82) is 0 Å². The molecule has 0 rings (SSSR count). The van der Waals surface area contributed by atoms with Crippen LogP contribution >= 0.6 is 0 Å². The van der Waals surface area contributed by atoms with Gasteiger partial charge < -0.3 is 15.3 Å². The predicted octanol–water partition coefficient (Wildman–Crippen LogP) is 5.88. The summed E-state index contributed by atoms with van der Waals surface area (Å²) in [6, 6.07) is 0. The van der Waals surface area contributed by atoms with Crippen LogP contribution < -0.4 is 0 Å². The van der Waals surface area contributed by atoms with E-state index in [0.29, 0.717) is 12.8 Å². The lowest BCUT2D eigenvalue weighted by Crippen LogP contribution is -1.93. The van der Waals surface area contributed by atoms with Gasteiger partial charge in [-0.1, -0.05) is 58.3 Å². The highest BCUT2D eigenvalue weighted by Gasteiger charge is 2.03. The van der Waals surface area contributed by atoms with Gasteiger partial charge in [0.15, 0.2) is 0 Å². The van der Waals surface area contributed by atoms with E-state index >= 15 is 0 Å². The van der Waals surface area contributed by atoms with Gasteiger partial charge >= 0.3 is 5.97 Å². The van der Waals surface area contributed by atoms with E-state index in [2.05, 4.69) is 6.92 Å². The summed E-state index contributed by atoms with van der Waals surface area (Å²) >= 11 is 0. The molecule has 0 bridgehead atoms. The molecule has 0 aliphatic rings. The number of aliphatic carboxylic acids is 1. The first kappa shape index (κ1) is 20.8. The van der Waals surface area contributed by atoms with Crippen LogP contribution in [0.5, 0.6) is 0 Å². The molecule has 0 heterocycles. The van der Waals surface area contributed by atoms with Crippen molar-refractivity contribution >= 4 is 5.97 Å². The highest BCUT2D eigenvalue weighted by molar-refractivity contribution is 5.66. The Morgan fingerprint density at radius 3 is 1.36 bits per heavy atom. The van der Waals surface area contributed by atoms with Crippen molar-refractivity contribution < 1.29 is 20.1 Å². The smallest absolute Gasteiger partial charge is 0.303 e. The van der Waals surface area contributed by atoms with E-state index in [9.17, 15) is 15.0 Å². The maximum absolute atomic E-state index is 10.3. The lowest BCUT2D eigenvalue weighted by atomic mass is 10.1. The number of aliphatic hydroxyl groups excluding tert-OH is 2. The summed E-state index contributed by atoms with van der Waals surface area (Å²) < 4.78 is 0. The third-order valence-electron chi connectivity index (χ3n) is 3.90. The third-order valence-corrected chi connectivity index (χ3v) is 3.90. The van der Waals surface area contributed by atoms with E-state index in [4.69, 9.17) is 5.11 Å². The van der Waals surface area contributed by atoms with Gasteiger partial charge in [0.05, 0.1) is 0 Å². The fourth-order valence-corrected chi connectivity index (χ4v) is 2.46. The molecule has 0 radical (unpaired) electrons. The number of carboxylic acid groups (broad SMARTS) is 1. The van der Waals surface area contributed by atoms with Gasteiger partial charge in [0, 0.05) is 19.3 Å². The van der Waals surface area contributed by atoms with Gasteiger partial charge in [-0.2, -0.15) is 0 Å². The highest BCUT2D eigenvalue weighted by Crippen LogP contribution is 2.16. The van der Waals surface area contributed by atoms with Crippen LogP contribution in [0.25, 0.3) is 0 Å². The number of hydrogen-bond donors (Lipinski definition) is 3. The van der Waals surface area contributed by atoms with Crippen molar-refractivity contribution in [2.75, 3.05) is 0 Å². The van der Waals surface area contributed by atoms with Crippen LogP contribution in [0.4, 0.5) is 0 Å². The largest absolute Gasteiger partial charge is 0.509 e. The second-order valence-electron chi connectivity index (χ2n) is 6.07. The molecule has 4 nitrogen and oxygen atoms in total. The first-order valence-electron chi connectivity index (χ1n) is 8.89. The second-order valence-corrected chi connectivity index (χ2v) is 6.07.